The molecule has 7 heteroatoms. The Morgan fingerprint density at radius 1 is 0.897 bits per heavy atom. The Morgan fingerprint density at radius 3 is 2.17 bits per heavy atom. The highest BCUT2D eigenvalue weighted by molar-refractivity contribution is 6.05. The molecule has 1 N–H and O–H groups in total. The van der Waals surface area contributed by atoms with Crippen LogP contribution in [0, 0.1) is 0 Å². The third-order valence-corrected chi connectivity index (χ3v) is 4.05. The predicted octanol–water partition coefficient (Wildman–Crippen LogP) is 4.24. The first kappa shape index (κ1) is 20.3. The lowest BCUT2D eigenvalue weighted by molar-refractivity contribution is 0.102. The first-order valence-corrected chi connectivity index (χ1v) is 9.47. The normalized spacial score (nSPS) is 10.6. The number of benzene rings is 2. The van der Waals surface area contributed by atoms with E-state index in [0.29, 0.717) is 59.3 Å². The van der Waals surface area contributed by atoms with Crippen LogP contribution in [0.25, 0.3) is 11.0 Å². The van der Waals surface area contributed by atoms with Crippen LogP contribution in [0.3, 0.4) is 0 Å². The average molecular weight is 397 g/mol. The first-order chi connectivity index (χ1) is 14.0. The van der Waals surface area contributed by atoms with E-state index in [4.69, 9.17) is 18.6 Å². The van der Waals surface area contributed by atoms with Crippen molar-refractivity contribution in [2.45, 2.75) is 20.8 Å². The van der Waals surface area contributed by atoms with Gasteiger partial charge in [0.15, 0.2) is 11.5 Å². The molecule has 7 nitrogen and oxygen atoms in total. The van der Waals surface area contributed by atoms with Crippen molar-refractivity contribution < 1.29 is 23.4 Å². The van der Waals surface area contributed by atoms with Gasteiger partial charge in [0.05, 0.1) is 19.8 Å². The number of anilines is 1. The van der Waals surface area contributed by atoms with Gasteiger partial charge in [-0.15, -0.1) is 0 Å². The summed E-state index contributed by atoms with van der Waals surface area (Å²) in [6, 6.07) is 11.3. The zero-order valence-corrected chi connectivity index (χ0v) is 16.6. The lowest BCUT2D eigenvalue weighted by atomic mass is 10.1. The third-order valence-electron chi connectivity index (χ3n) is 4.05. The highest BCUT2D eigenvalue weighted by atomic mass is 16.5. The summed E-state index contributed by atoms with van der Waals surface area (Å²) in [5, 5.41) is 3.55. The molecule has 3 aromatic rings. The maximum Gasteiger partial charge on any atom is 0.336 e. The molecule has 1 heterocycles. The van der Waals surface area contributed by atoms with Crippen molar-refractivity contribution in [3.63, 3.8) is 0 Å². The van der Waals surface area contributed by atoms with Gasteiger partial charge in [0.1, 0.15) is 5.58 Å². The van der Waals surface area contributed by atoms with Gasteiger partial charge < -0.3 is 23.9 Å². The number of carbonyl (C=O) groups is 1. The molecule has 0 saturated carbocycles. The Labute approximate surface area is 168 Å². The van der Waals surface area contributed by atoms with Crippen LogP contribution in [0.4, 0.5) is 5.69 Å². The van der Waals surface area contributed by atoms with E-state index in [9.17, 15) is 9.59 Å². The third kappa shape index (κ3) is 4.68. The number of fused-ring (bicyclic) bond motifs is 1. The van der Waals surface area contributed by atoms with E-state index < -0.39 is 5.63 Å². The summed E-state index contributed by atoms with van der Waals surface area (Å²) in [6.07, 6.45) is 0. The summed E-state index contributed by atoms with van der Waals surface area (Å²) in [5.41, 5.74) is 0.977. The van der Waals surface area contributed by atoms with Crippen LogP contribution in [0.1, 0.15) is 31.1 Å². The molecule has 0 aliphatic carbocycles. The molecule has 0 aliphatic rings. The second-order valence-electron chi connectivity index (χ2n) is 6.06. The molecule has 2 aromatic carbocycles. The Hall–Kier alpha value is -3.48. The van der Waals surface area contributed by atoms with E-state index in [-0.39, 0.29) is 5.91 Å². The molecule has 0 fully saturated rings. The SMILES string of the molecule is CCOc1cc(C(=O)Nc2ccc3oc(=O)ccc3c2)cc(OCC)c1OCC. The molecular weight excluding hydrogens is 374 g/mol. The lowest BCUT2D eigenvalue weighted by Crippen LogP contribution is -2.13. The fourth-order valence-electron chi connectivity index (χ4n) is 2.87. The van der Waals surface area contributed by atoms with Gasteiger partial charge in [0, 0.05) is 22.7 Å². The van der Waals surface area contributed by atoms with Crippen LogP contribution in [-0.2, 0) is 0 Å². The minimum absolute atomic E-state index is 0.327. The summed E-state index contributed by atoms with van der Waals surface area (Å²) < 4.78 is 22.1. The van der Waals surface area contributed by atoms with Crippen molar-refractivity contribution in [2.24, 2.45) is 0 Å². The maximum absolute atomic E-state index is 12.8. The Balaban J connectivity index is 1.93. The summed E-state index contributed by atoms with van der Waals surface area (Å²) in [5.74, 6) is 1.05. The maximum atomic E-state index is 12.8. The van der Waals surface area contributed by atoms with Gasteiger partial charge in [-0.2, -0.15) is 0 Å². The van der Waals surface area contributed by atoms with Crippen LogP contribution in [-0.4, -0.2) is 25.7 Å². The van der Waals surface area contributed by atoms with Crippen molar-refractivity contribution in [1.82, 2.24) is 0 Å². The molecule has 1 amide bonds. The molecule has 1 aromatic heterocycles. The van der Waals surface area contributed by atoms with Crippen LogP contribution >= 0.6 is 0 Å². The number of ether oxygens (including phenoxy) is 3. The van der Waals surface area contributed by atoms with Gasteiger partial charge in [-0.3, -0.25) is 4.79 Å². The fraction of sp³-hybridized carbons (Fsp3) is 0.273. The summed E-state index contributed by atoms with van der Waals surface area (Å²) >= 11 is 0. The number of carbonyl (C=O) groups excluding carboxylic acids is 1. The van der Waals surface area contributed by atoms with E-state index in [1.165, 1.54) is 6.07 Å². The van der Waals surface area contributed by atoms with Gasteiger partial charge in [-0.25, -0.2) is 4.79 Å². The minimum Gasteiger partial charge on any atom is -0.490 e. The van der Waals surface area contributed by atoms with E-state index in [1.54, 1.807) is 36.4 Å². The van der Waals surface area contributed by atoms with Gasteiger partial charge in [0.25, 0.3) is 5.91 Å². The first-order valence-electron chi connectivity index (χ1n) is 9.47. The molecule has 3 rings (SSSR count). The van der Waals surface area contributed by atoms with Crippen molar-refractivity contribution >= 4 is 22.6 Å². The van der Waals surface area contributed by atoms with Gasteiger partial charge >= 0.3 is 5.63 Å². The van der Waals surface area contributed by atoms with E-state index in [1.807, 2.05) is 20.8 Å². The molecule has 0 atom stereocenters. The topological polar surface area (TPSA) is 87.0 Å². The molecule has 0 bridgehead atoms. The smallest absolute Gasteiger partial charge is 0.336 e. The summed E-state index contributed by atoms with van der Waals surface area (Å²) in [4.78, 5) is 24.2. The Morgan fingerprint density at radius 2 is 1.55 bits per heavy atom. The molecule has 29 heavy (non-hydrogen) atoms. The van der Waals surface area contributed by atoms with E-state index in [0.717, 1.165) is 0 Å². The molecule has 0 unspecified atom stereocenters. The Bertz CT molecular complexity index is 1050. The quantitative estimate of drug-likeness (QED) is 0.572. The van der Waals surface area contributed by atoms with Crippen molar-refractivity contribution in [1.29, 1.82) is 0 Å². The number of amides is 1. The number of hydrogen-bond donors (Lipinski definition) is 1. The van der Waals surface area contributed by atoms with Crippen LogP contribution in [0.5, 0.6) is 17.2 Å². The molecule has 0 saturated heterocycles. The zero-order valence-electron chi connectivity index (χ0n) is 16.6. The second kappa shape index (κ2) is 9.14. The van der Waals surface area contributed by atoms with E-state index in [2.05, 4.69) is 5.32 Å². The van der Waals surface area contributed by atoms with Crippen molar-refractivity contribution in [2.75, 3.05) is 25.1 Å². The van der Waals surface area contributed by atoms with Gasteiger partial charge in [-0.1, -0.05) is 0 Å². The molecular formula is C22H23NO6. The molecule has 152 valence electrons. The van der Waals surface area contributed by atoms with E-state index >= 15 is 0 Å². The second-order valence-corrected chi connectivity index (χ2v) is 6.06. The lowest BCUT2D eigenvalue weighted by Gasteiger charge is -2.17. The minimum atomic E-state index is -0.421. The highest BCUT2D eigenvalue weighted by Crippen LogP contribution is 2.39. The highest BCUT2D eigenvalue weighted by Gasteiger charge is 2.18. The average Bonchev–Trinajstić information content (AvgIpc) is 2.70. The van der Waals surface area contributed by atoms with Crippen LogP contribution < -0.4 is 25.2 Å². The molecule has 0 radical (unpaired) electrons. The predicted molar refractivity (Wildman–Crippen MR) is 110 cm³/mol. The summed E-state index contributed by atoms with van der Waals surface area (Å²) in [6.45, 7) is 6.87. The monoisotopic (exact) mass is 397 g/mol. The standard InChI is InChI=1S/C22H23NO6/c1-4-26-18-12-15(13-19(27-5-2)21(18)28-6-3)22(25)23-16-8-9-17-14(11-16)7-10-20(24)29-17/h7-13H,4-6H2,1-3H3,(H,23,25). The fourth-order valence-corrected chi connectivity index (χ4v) is 2.87. The molecule has 0 aliphatic heterocycles. The summed E-state index contributed by atoms with van der Waals surface area (Å²) in [7, 11) is 0. The largest absolute Gasteiger partial charge is 0.490 e. The number of rotatable bonds is 8. The zero-order chi connectivity index (χ0) is 20.8. The van der Waals surface area contributed by atoms with Crippen LogP contribution in [0.15, 0.2) is 51.7 Å². The van der Waals surface area contributed by atoms with Gasteiger partial charge in [0.2, 0.25) is 5.75 Å². The van der Waals surface area contributed by atoms with Gasteiger partial charge in [-0.05, 0) is 57.2 Å². The number of hydrogen-bond acceptors (Lipinski definition) is 6. The number of nitrogens with one attached hydrogen (secondary N) is 1. The molecule has 0 spiro atoms. The van der Waals surface area contributed by atoms with Crippen LogP contribution in [0.2, 0.25) is 0 Å². The van der Waals surface area contributed by atoms with Crippen molar-refractivity contribution in [3.8, 4) is 17.2 Å². The Kier molecular flexibility index (Phi) is 6.39. The van der Waals surface area contributed by atoms with Crippen molar-refractivity contribution in [3.05, 3.63) is 58.4 Å².